The van der Waals surface area contributed by atoms with Crippen molar-refractivity contribution >= 4 is 23.2 Å². The molecule has 118 valence electrons. The van der Waals surface area contributed by atoms with Gasteiger partial charge in [0.1, 0.15) is 0 Å². The van der Waals surface area contributed by atoms with Crippen LogP contribution in [0.5, 0.6) is 0 Å². The fourth-order valence-corrected chi connectivity index (χ4v) is 3.79. The van der Waals surface area contributed by atoms with E-state index in [2.05, 4.69) is 18.3 Å². The number of hydrogen-bond acceptors (Lipinski definition) is 1. The third-order valence-electron chi connectivity index (χ3n) is 4.59. The van der Waals surface area contributed by atoms with Crippen molar-refractivity contribution in [3.63, 3.8) is 0 Å². The second-order valence-electron chi connectivity index (χ2n) is 6.23. The van der Waals surface area contributed by atoms with E-state index in [1.54, 1.807) is 0 Å². The summed E-state index contributed by atoms with van der Waals surface area (Å²) in [6, 6.07) is 6.32. The van der Waals surface area contributed by atoms with E-state index in [4.69, 9.17) is 23.2 Å². The van der Waals surface area contributed by atoms with Crippen molar-refractivity contribution in [3.8, 4) is 0 Å². The van der Waals surface area contributed by atoms with Crippen LogP contribution >= 0.6 is 23.2 Å². The average molecular weight is 328 g/mol. The van der Waals surface area contributed by atoms with E-state index in [9.17, 15) is 0 Å². The molecule has 1 unspecified atom stereocenters. The smallest absolute Gasteiger partial charge is 0.0640 e. The molecule has 1 saturated carbocycles. The SMILES string of the molecule is CCCNC(CCC1CCCCC1)c1cccc(Cl)c1Cl. The molecule has 0 aromatic heterocycles. The highest BCUT2D eigenvalue weighted by atomic mass is 35.5. The largest absolute Gasteiger partial charge is 0.310 e. The summed E-state index contributed by atoms with van der Waals surface area (Å²) < 4.78 is 0. The fraction of sp³-hybridized carbons (Fsp3) is 0.667. The number of benzene rings is 1. The molecule has 1 fully saturated rings. The third kappa shape index (κ3) is 5.16. The molecule has 0 radical (unpaired) electrons. The number of hydrogen-bond donors (Lipinski definition) is 1. The van der Waals surface area contributed by atoms with Crippen molar-refractivity contribution in [2.75, 3.05) is 6.54 Å². The van der Waals surface area contributed by atoms with Crippen molar-refractivity contribution < 1.29 is 0 Å². The van der Waals surface area contributed by atoms with Gasteiger partial charge in [0, 0.05) is 6.04 Å². The molecule has 0 aliphatic heterocycles. The Morgan fingerprint density at radius 3 is 2.67 bits per heavy atom. The standard InChI is InChI=1S/C18H27Cl2N/c1-2-13-21-17(12-11-14-7-4-3-5-8-14)15-9-6-10-16(19)18(15)20/h6,9-10,14,17,21H,2-5,7-8,11-13H2,1H3. The van der Waals surface area contributed by atoms with Crippen molar-refractivity contribution in [2.45, 2.75) is 64.3 Å². The molecule has 1 aliphatic rings. The molecule has 1 nitrogen and oxygen atoms in total. The topological polar surface area (TPSA) is 12.0 Å². The van der Waals surface area contributed by atoms with E-state index in [1.807, 2.05) is 12.1 Å². The Morgan fingerprint density at radius 2 is 1.95 bits per heavy atom. The Bertz CT molecular complexity index is 427. The lowest BCUT2D eigenvalue weighted by molar-refractivity contribution is 0.314. The van der Waals surface area contributed by atoms with Crippen LogP contribution in [0.3, 0.4) is 0 Å². The zero-order valence-electron chi connectivity index (χ0n) is 13.0. The molecular weight excluding hydrogens is 301 g/mol. The lowest BCUT2D eigenvalue weighted by Gasteiger charge is -2.26. The summed E-state index contributed by atoms with van der Waals surface area (Å²) in [5.41, 5.74) is 1.16. The van der Waals surface area contributed by atoms with Gasteiger partial charge in [0.05, 0.1) is 10.0 Å². The van der Waals surface area contributed by atoms with Gasteiger partial charge >= 0.3 is 0 Å². The molecule has 0 heterocycles. The van der Waals surface area contributed by atoms with Crippen LogP contribution in [-0.2, 0) is 0 Å². The summed E-state index contributed by atoms with van der Waals surface area (Å²) in [6.07, 6.45) is 10.7. The molecule has 0 amide bonds. The molecule has 0 saturated heterocycles. The highest BCUT2D eigenvalue weighted by Gasteiger charge is 2.19. The number of halogens is 2. The summed E-state index contributed by atoms with van der Waals surface area (Å²) in [4.78, 5) is 0. The van der Waals surface area contributed by atoms with Gasteiger partial charge in [-0.15, -0.1) is 0 Å². The van der Waals surface area contributed by atoms with Gasteiger partial charge in [0.25, 0.3) is 0 Å². The molecule has 3 heteroatoms. The quantitative estimate of drug-likeness (QED) is 0.611. The molecule has 1 N–H and O–H groups in total. The van der Waals surface area contributed by atoms with Gasteiger partial charge in [-0.3, -0.25) is 0 Å². The highest BCUT2D eigenvalue weighted by Crippen LogP contribution is 2.34. The van der Waals surface area contributed by atoms with E-state index in [0.717, 1.165) is 35.9 Å². The van der Waals surface area contributed by atoms with Crippen LogP contribution in [0.1, 0.15) is 69.9 Å². The monoisotopic (exact) mass is 327 g/mol. The minimum absolute atomic E-state index is 0.332. The van der Waals surface area contributed by atoms with Gasteiger partial charge in [-0.25, -0.2) is 0 Å². The normalized spacial score (nSPS) is 17.9. The maximum atomic E-state index is 6.42. The maximum absolute atomic E-state index is 6.42. The Morgan fingerprint density at radius 1 is 1.19 bits per heavy atom. The van der Waals surface area contributed by atoms with Crippen molar-refractivity contribution in [2.24, 2.45) is 5.92 Å². The number of rotatable bonds is 7. The molecule has 1 aliphatic carbocycles. The van der Waals surface area contributed by atoms with E-state index in [-0.39, 0.29) is 0 Å². The van der Waals surface area contributed by atoms with Crippen molar-refractivity contribution in [1.29, 1.82) is 0 Å². The Hall–Kier alpha value is -0.240. The van der Waals surface area contributed by atoms with E-state index in [1.165, 1.54) is 38.5 Å². The zero-order chi connectivity index (χ0) is 15.1. The summed E-state index contributed by atoms with van der Waals surface area (Å²) in [7, 11) is 0. The molecule has 0 bridgehead atoms. The number of nitrogens with one attached hydrogen (secondary N) is 1. The first-order chi connectivity index (χ1) is 10.2. The van der Waals surface area contributed by atoms with Crippen LogP contribution in [0.4, 0.5) is 0 Å². The first-order valence-corrected chi connectivity index (χ1v) is 9.15. The summed E-state index contributed by atoms with van der Waals surface area (Å²) in [6.45, 7) is 3.23. The maximum Gasteiger partial charge on any atom is 0.0640 e. The minimum atomic E-state index is 0.332. The molecule has 1 aromatic rings. The Balaban J connectivity index is 2.01. The third-order valence-corrected chi connectivity index (χ3v) is 5.42. The lowest BCUT2D eigenvalue weighted by Crippen LogP contribution is -2.23. The summed E-state index contributed by atoms with van der Waals surface area (Å²) >= 11 is 12.6. The first-order valence-electron chi connectivity index (χ1n) is 8.39. The van der Waals surface area contributed by atoms with Gasteiger partial charge in [-0.1, -0.05) is 74.4 Å². The molecule has 1 aromatic carbocycles. The van der Waals surface area contributed by atoms with Crippen molar-refractivity contribution in [1.82, 2.24) is 5.32 Å². The second-order valence-corrected chi connectivity index (χ2v) is 7.02. The molecule has 0 spiro atoms. The molecule has 21 heavy (non-hydrogen) atoms. The molecule has 1 atom stereocenters. The van der Waals surface area contributed by atoms with Gasteiger partial charge < -0.3 is 5.32 Å². The zero-order valence-corrected chi connectivity index (χ0v) is 14.5. The highest BCUT2D eigenvalue weighted by molar-refractivity contribution is 6.42. The molecular formula is C18H27Cl2N. The second kappa shape index (κ2) is 9.02. The Kier molecular flexibility index (Phi) is 7.36. The van der Waals surface area contributed by atoms with E-state index in [0.29, 0.717) is 11.1 Å². The predicted molar refractivity (Wildman–Crippen MR) is 93.3 cm³/mol. The van der Waals surface area contributed by atoms with Gasteiger partial charge in [-0.05, 0) is 43.4 Å². The summed E-state index contributed by atoms with van der Waals surface area (Å²) in [5.74, 6) is 0.905. The van der Waals surface area contributed by atoms with Crippen LogP contribution < -0.4 is 5.32 Å². The average Bonchev–Trinajstić information content (AvgIpc) is 2.52. The lowest BCUT2D eigenvalue weighted by atomic mass is 9.84. The van der Waals surface area contributed by atoms with Gasteiger partial charge in [0.2, 0.25) is 0 Å². The van der Waals surface area contributed by atoms with E-state index >= 15 is 0 Å². The Labute approximate surface area is 139 Å². The van der Waals surface area contributed by atoms with Crippen LogP contribution in [-0.4, -0.2) is 6.54 Å². The predicted octanol–water partition coefficient (Wildman–Crippen LogP) is 6.39. The first kappa shape index (κ1) is 17.1. The molecule has 2 rings (SSSR count). The summed E-state index contributed by atoms with van der Waals surface area (Å²) in [5, 5.41) is 5.03. The van der Waals surface area contributed by atoms with E-state index < -0.39 is 0 Å². The van der Waals surface area contributed by atoms with Crippen LogP contribution in [0.25, 0.3) is 0 Å². The van der Waals surface area contributed by atoms with Crippen molar-refractivity contribution in [3.05, 3.63) is 33.8 Å². The fourth-order valence-electron chi connectivity index (χ4n) is 3.35. The minimum Gasteiger partial charge on any atom is -0.310 e. The van der Waals surface area contributed by atoms with Gasteiger partial charge in [-0.2, -0.15) is 0 Å². The van der Waals surface area contributed by atoms with Crippen LogP contribution in [0, 0.1) is 5.92 Å². The van der Waals surface area contributed by atoms with Crippen LogP contribution in [0.2, 0.25) is 10.0 Å². The van der Waals surface area contributed by atoms with Crippen LogP contribution in [0.15, 0.2) is 18.2 Å². The van der Waals surface area contributed by atoms with Gasteiger partial charge in [0.15, 0.2) is 0 Å².